The molecule has 1 heterocycles. The Kier molecular flexibility index (Phi) is 5.90. The van der Waals surface area contributed by atoms with Crippen LogP contribution in [-0.2, 0) is 4.79 Å². The molecule has 0 radical (unpaired) electrons. The maximum absolute atomic E-state index is 12.7. The minimum atomic E-state index is -0.415. The van der Waals surface area contributed by atoms with Crippen LogP contribution < -0.4 is 10.2 Å². The van der Waals surface area contributed by atoms with Crippen molar-refractivity contribution in [3.05, 3.63) is 40.4 Å². The highest BCUT2D eigenvalue weighted by molar-refractivity contribution is 7.03. The molecular weight excluding hydrogens is 348 g/mol. The van der Waals surface area contributed by atoms with Gasteiger partial charge in [-0.3, -0.25) is 14.5 Å². The predicted molar refractivity (Wildman–Crippen MR) is 95.6 cm³/mol. The van der Waals surface area contributed by atoms with Crippen molar-refractivity contribution in [2.24, 2.45) is 0 Å². The smallest absolute Gasteiger partial charge is 0.280 e. The Morgan fingerprint density at radius 2 is 2.04 bits per heavy atom. The Hall–Kier alpha value is -1.99. The van der Waals surface area contributed by atoms with Gasteiger partial charge in [-0.1, -0.05) is 35.1 Å². The summed E-state index contributed by atoms with van der Waals surface area (Å²) in [4.78, 5) is 26.4. The van der Waals surface area contributed by atoms with Crippen molar-refractivity contribution >= 4 is 40.6 Å². The average Bonchev–Trinajstić information content (AvgIpc) is 3.07. The molecule has 0 bridgehead atoms. The number of hydrogen-bond donors (Lipinski definition) is 1. The summed E-state index contributed by atoms with van der Waals surface area (Å²) in [6.07, 6.45) is 0.773. The molecule has 0 spiro atoms. The summed E-state index contributed by atoms with van der Waals surface area (Å²) in [5.74, 6) is -0.681. The second-order valence-electron chi connectivity index (χ2n) is 5.92. The summed E-state index contributed by atoms with van der Waals surface area (Å²) < 4.78 is 3.70. The van der Waals surface area contributed by atoms with E-state index in [0.717, 1.165) is 18.0 Å². The molecule has 0 fully saturated rings. The van der Waals surface area contributed by atoms with Crippen LogP contribution in [0, 0.1) is 0 Å². The Balaban J connectivity index is 2.29. The maximum atomic E-state index is 12.7. The number of para-hydroxylation sites is 1. The minimum absolute atomic E-state index is 0.149. The van der Waals surface area contributed by atoms with Crippen LogP contribution in [0.4, 0.5) is 5.69 Å². The van der Waals surface area contributed by atoms with Crippen LogP contribution in [-0.4, -0.2) is 33.5 Å². The van der Waals surface area contributed by atoms with Crippen LogP contribution in [0.5, 0.6) is 0 Å². The zero-order valence-corrected chi connectivity index (χ0v) is 15.3. The standard InChI is InChI=1S/C16H19ClN4O2S/c1-4-16(2,3)18-14(22)9-21(13-8-6-5-7-11(13)17)15(23)12-10-24-20-19-12/h5-8,10H,4,9H2,1-3H3,(H,18,22). The zero-order chi connectivity index (χ0) is 17.7. The molecule has 1 N–H and O–H groups in total. The molecule has 1 aromatic carbocycles. The number of rotatable bonds is 6. The van der Waals surface area contributed by atoms with Gasteiger partial charge in [-0.05, 0) is 43.9 Å². The van der Waals surface area contributed by atoms with Gasteiger partial charge in [0.2, 0.25) is 5.91 Å². The summed E-state index contributed by atoms with van der Waals surface area (Å²) in [5.41, 5.74) is 0.290. The van der Waals surface area contributed by atoms with Crippen LogP contribution >= 0.6 is 23.1 Å². The SMILES string of the molecule is CCC(C)(C)NC(=O)CN(C(=O)c1csnn1)c1ccccc1Cl. The second kappa shape index (κ2) is 7.72. The highest BCUT2D eigenvalue weighted by Crippen LogP contribution is 2.26. The summed E-state index contributed by atoms with van der Waals surface area (Å²) in [7, 11) is 0. The van der Waals surface area contributed by atoms with Gasteiger partial charge in [0, 0.05) is 10.9 Å². The van der Waals surface area contributed by atoms with Crippen LogP contribution in [0.25, 0.3) is 0 Å². The van der Waals surface area contributed by atoms with Gasteiger partial charge in [-0.2, -0.15) is 0 Å². The molecule has 0 aliphatic rings. The number of hydrogen-bond acceptors (Lipinski definition) is 5. The third-order valence-corrected chi connectivity index (χ3v) is 4.46. The first-order chi connectivity index (χ1) is 11.3. The molecule has 2 aromatic rings. The third kappa shape index (κ3) is 4.52. The monoisotopic (exact) mass is 366 g/mol. The van der Waals surface area contributed by atoms with Crippen molar-refractivity contribution in [3.63, 3.8) is 0 Å². The number of aromatic nitrogens is 2. The summed E-state index contributed by atoms with van der Waals surface area (Å²) in [5, 5.41) is 8.64. The second-order valence-corrected chi connectivity index (χ2v) is 6.94. The lowest BCUT2D eigenvalue weighted by molar-refractivity contribution is -0.121. The number of anilines is 1. The molecule has 0 aliphatic heterocycles. The lowest BCUT2D eigenvalue weighted by Gasteiger charge is -2.28. The topological polar surface area (TPSA) is 75.2 Å². The van der Waals surface area contributed by atoms with Crippen molar-refractivity contribution in [2.45, 2.75) is 32.7 Å². The quantitative estimate of drug-likeness (QED) is 0.852. The van der Waals surface area contributed by atoms with Crippen LogP contribution in [0.2, 0.25) is 5.02 Å². The normalized spacial score (nSPS) is 11.2. The van der Waals surface area contributed by atoms with E-state index < -0.39 is 5.91 Å². The molecule has 0 saturated carbocycles. The lowest BCUT2D eigenvalue weighted by atomic mass is 10.0. The van der Waals surface area contributed by atoms with E-state index in [4.69, 9.17) is 11.6 Å². The summed E-state index contributed by atoms with van der Waals surface area (Å²) in [6, 6.07) is 6.89. The van der Waals surface area contributed by atoms with E-state index in [1.165, 1.54) is 4.90 Å². The Morgan fingerprint density at radius 1 is 1.33 bits per heavy atom. The van der Waals surface area contributed by atoms with Crippen molar-refractivity contribution < 1.29 is 9.59 Å². The van der Waals surface area contributed by atoms with Gasteiger partial charge in [-0.25, -0.2) is 0 Å². The van der Waals surface area contributed by atoms with E-state index in [0.29, 0.717) is 10.7 Å². The number of amides is 2. The van der Waals surface area contributed by atoms with Gasteiger partial charge >= 0.3 is 0 Å². The number of carbonyl (C=O) groups excluding carboxylic acids is 2. The number of nitrogens with zero attached hydrogens (tertiary/aromatic N) is 3. The number of halogens is 1. The summed E-state index contributed by atoms with van der Waals surface area (Å²) >= 11 is 7.28. The van der Waals surface area contributed by atoms with Gasteiger partial charge in [0.1, 0.15) is 6.54 Å². The molecule has 1 aromatic heterocycles. The fourth-order valence-corrected chi connectivity index (χ4v) is 2.65. The first kappa shape index (κ1) is 18.4. The van der Waals surface area contributed by atoms with Crippen LogP contribution in [0.1, 0.15) is 37.7 Å². The Bertz CT molecular complexity index is 719. The van der Waals surface area contributed by atoms with Crippen molar-refractivity contribution in [3.8, 4) is 0 Å². The van der Waals surface area contributed by atoms with Gasteiger partial charge in [0.05, 0.1) is 10.7 Å². The Labute approximate surface area is 150 Å². The maximum Gasteiger partial charge on any atom is 0.280 e. The van der Waals surface area contributed by atoms with Gasteiger partial charge in [-0.15, -0.1) is 5.10 Å². The molecule has 6 nitrogen and oxygen atoms in total. The fourth-order valence-electron chi connectivity index (χ4n) is 1.98. The number of benzene rings is 1. The van der Waals surface area contributed by atoms with Crippen molar-refractivity contribution in [1.29, 1.82) is 0 Å². The molecule has 8 heteroatoms. The number of nitrogens with one attached hydrogen (secondary N) is 1. The highest BCUT2D eigenvalue weighted by atomic mass is 35.5. The van der Waals surface area contributed by atoms with E-state index in [1.807, 2.05) is 20.8 Å². The zero-order valence-electron chi connectivity index (χ0n) is 13.7. The van der Waals surface area contributed by atoms with Crippen LogP contribution in [0.3, 0.4) is 0 Å². The third-order valence-electron chi connectivity index (χ3n) is 3.63. The van der Waals surface area contributed by atoms with E-state index >= 15 is 0 Å². The fraction of sp³-hybridized carbons (Fsp3) is 0.375. The van der Waals surface area contributed by atoms with Crippen molar-refractivity contribution in [1.82, 2.24) is 14.9 Å². The van der Waals surface area contributed by atoms with E-state index in [9.17, 15) is 9.59 Å². The molecular formula is C16H19ClN4O2S. The first-order valence-corrected chi connectivity index (χ1v) is 8.70. The summed E-state index contributed by atoms with van der Waals surface area (Å²) in [6.45, 7) is 5.69. The van der Waals surface area contributed by atoms with E-state index in [-0.39, 0.29) is 23.7 Å². The predicted octanol–water partition coefficient (Wildman–Crippen LogP) is 3.14. The molecule has 24 heavy (non-hydrogen) atoms. The van der Waals surface area contributed by atoms with Gasteiger partial charge in [0.15, 0.2) is 5.69 Å². The largest absolute Gasteiger partial charge is 0.350 e. The molecule has 0 atom stereocenters. The van der Waals surface area contributed by atoms with Gasteiger partial charge < -0.3 is 5.32 Å². The van der Waals surface area contributed by atoms with E-state index in [2.05, 4.69) is 14.9 Å². The highest BCUT2D eigenvalue weighted by Gasteiger charge is 2.26. The van der Waals surface area contributed by atoms with Crippen LogP contribution in [0.15, 0.2) is 29.6 Å². The molecule has 2 rings (SSSR count). The molecule has 0 aliphatic carbocycles. The lowest BCUT2D eigenvalue weighted by Crippen LogP contribution is -2.48. The molecule has 128 valence electrons. The van der Waals surface area contributed by atoms with Crippen molar-refractivity contribution in [2.75, 3.05) is 11.4 Å². The first-order valence-electron chi connectivity index (χ1n) is 7.48. The van der Waals surface area contributed by atoms with E-state index in [1.54, 1.807) is 29.6 Å². The Morgan fingerprint density at radius 3 is 2.62 bits per heavy atom. The average molecular weight is 367 g/mol. The molecule has 2 amide bonds. The minimum Gasteiger partial charge on any atom is -0.350 e. The number of carbonyl (C=O) groups is 2. The van der Waals surface area contributed by atoms with Gasteiger partial charge in [0.25, 0.3) is 5.91 Å². The molecule has 0 unspecified atom stereocenters. The molecule has 0 saturated heterocycles.